The van der Waals surface area contributed by atoms with Gasteiger partial charge in [0.2, 0.25) is 0 Å². The van der Waals surface area contributed by atoms with Gasteiger partial charge in [-0.25, -0.2) is 4.98 Å². The van der Waals surface area contributed by atoms with Crippen LogP contribution in [0.4, 0.5) is 0 Å². The molecule has 3 rings (SSSR count). The summed E-state index contributed by atoms with van der Waals surface area (Å²) < 4.78 is 2.21. The molecule has 1 aliphatic carbocycles. The van der Waals surface area contributed by atoms with Crippen LogP contribution < -0.4 is 5.32 Å². The first-order chi connectivity index (χ1) is 11.1. The third-order valence-electron chi connectivity index (χ3n) is 5.27. The number of aromatic nitrogens is 2. The number of imidazole rings is 1. The number of likely N-dealkylation sites (tertiary alicyclic amines) is 1. The minimum atomic E-state index is -0.562. The molecule has 1 aromatic heterocycles. The zero-order chi connectivity index (χ0) is 16.3. The van der Waals surface area contributed by atoms with Crippen molar-refractivity contribution in [1.82, 2.24) is 19.8 Å². The second kappa shape index (κ2) is 6.91. The number of aliphatic imine (C=N–C) groups is 1. The summed E-state index contributed by atoms with van der Waals surface area (Å²) in [6.07, 6.45) is 9.81. The Labute approximate surface area is 138 Å². The van der Waals surface area contributed by atoms with Crippen LogP contribution in [-0.4, -0.2) is 57.3 Å². The lowest BCUT2D eigenvalue weighted by atomic mass is 9.80. The SMILES string of the molecule is CCNC(=NCC1(O)CCC1)N1CCC(C)C(n2ccnc2)C1. The van der Waals surface area contributed by atoms with E-state index in [4.69, 9.17) is 4.99 Å². The average molecular weight is 319 g/mol. The second-order valence-corrected chi connectivity index (χ2v) is 7.04. The molecule has 0 radical (unpaired) electrons. The maximum Gasteiger partial charge on any atom is 0.194 e. The first-order valence-electron chi connectivity index (χ1n) is 8.84. The monoisotopic (exact) mass is 319 g/mol. The molecule has 2 unspecified atom stereocenters. The Balaban J connectivity index is 1.70. The maximum atomic E-state index is 10.3. The van der Waals surface area contributed by atoms with Gasteiger partial charge in [0.1, 0.15) is 0 Å². The number of guanidine groups is 1. The molecule has 2 fully saturated rings. The molecule has 0 spiro atoms. The van der Waals surface area contributed by atoms with E-state index in [1.54, 1.807) is 0 Å². The summed E-state index contributed by atoms with van der Waals surface area (Å²) in [4.78, 5) is 11.2. The van der Waals surface area contributed by atoms with Gasteiger partial charge in [-0.3, -0.25) is 4.99 Å². The van der Waals surface area contributed by atoms with Crippen LogP contribution in [0.25, 0.3) is 0 Å². The topological polar surface area (TPSA) is 65.7 Å². The van der Waals surface area contributed by atoms with Crippen LogP contribution in [0, 0.1) is 5.92 Å². The molecule has 6 heteroatoms. The van der Waals surface area contributed by atoms with Crippen molar-refractivity contribution in [2.75, 3.05) is 26.2 Å². The van der Waals surface area contributed by atoms with Gasteiger partial charge in [-0.2, -0.15) is 0 Å². The lowest BCUT2D eigenvalue weighted by molar-refractivity contribution is -0.0238. The highest BCUT2D eigenvalue weighted by atomic mass is 16.3. The van der Waals surface area contributed by atoms with Gasteiger partial charge in [0.25, 0.3) is 0 Å². The van der Waals surface area contributed by atoms with Crippen LogP contribution in [-0.2, 0) is 0 Å². The van der Waals surface area contributed by atoms with E-state index < -0.39 is 5.60 Å². The number of nitrogens with one attached hydrogen (secondary N) is 1. The molecule has 0 bridgehead atoms. The molecular formula is C17H29N5O. The van der Waals surface area contributed by atoms with Crippen LogP contribution >= 0.6 is 0 Å². The van der Waals surface area contributed by atoms with Crippen molar-refractivity contribution < 1.29 is 5.11 Å². The summed E-state index contributed by atoms with van der Waals surface area (Å²) in [5, 5.41) is 13.7. The summed E-state index contributed by atoms with van der Waals surface area (Å²) in [6.45, 7) is 7.70. The summed E-state index contributed by atoms with van der Waals surface area (Å²) in [7, 11) is 0. The van der Waals surface area contributed by atoms with Crippen molar-refractivity contribution in [3.8, 4) is 0 Å². The number of hydrogen-bond acceptors (Lipinski definition) is 3. The number of nitrogens with zero attached hydrogens (tertiary/aromatic N) is 4. The van der Waals surface area contributed by atoms with Crippen LogP contribution in [0.3, 0.4) is 0 Å². The third-order valence-corrected chi connectivity index (χ3v) is 5.27. The molecule has 0 aromatic carbocycles. The summed E-state index contributed by atoms with van der Waals surface area (Å²) in [5.41, 5.74) is -0.562. The fourth-order valence-corrected chi connectivity index (χ4v) is 3.49. The third kappa shape index (κ3) is 3.68. The van der Waals surface area contributed by atoms with Crippen LogP contribution in [0.1, 0.15) is 45.6 Å². The molecule has 1 saturated heterocycles. The van der Waals surface area contributed by atoms with Crippen molar-refractivity contribution in [3.05, 3.63) is 18.7 Å². The molecule has 1 aromatic rings. The zero-order valence-electron chi connectivity index (χ0n) is 14.3. The summed E-state index contributed by atoms with van der Waals surface area (Å²) in [6, 6.07) is 0.418. The Hall–Kier alpha value is -1.56. The Bertz CT molecular complexity index is 523. The van der Waals surface area contributed by atoms with Crippen molar-refractivity contribution in [2.45, 2.75) is 51.2 Å². The number of aliphatic hydroxyl groups is 1. The lowest BCUT2D eigenvalue weighted by Crippen LogP contribution is -2.50. The highest BCUT2D eigenvalue weighted by molar-refractivity contribution is 5.80. The first-order valence-corrected chi connectivity index (χ1v) is 8.84. The number of piperidine rings is 1. The Kier molecular flexibility index (Phi) is 4.90. The minimum Gasteiger partial charge on any atom is -0.388 e. The fraction of sp³-hybridized carbons (Fsp3) is 0.765. The van der Waals surface area contributed by atoms with Gasteiger partial charge in [-0.15, -0.1) is 0 Å². The quantitative estimate of drug-likeness (QED) is 0.654. The smallest absolute Gasteiger partial charge is 0.194 e. The van der Waals surface area contributed by atoms with Crippen molar-refractivity contribution in [3.63, 3.8) is 0 Å². The molecule has 1 saturated carbocycles. The predicted octanol–water partition coefficient (Wildman–Crippen LogP) is 1.65. The molecule has 2 atom stereocenters. The van der Waals surface area contributed by atoms with E-state index in [2.05, 4.69) is 33.6 Å². The van der Waals surface area contributed by atoms with Gasteiger partial charge in [0.05, 0.1) is 24.5 Å². The van der Waals surface area contributed by atoms with Crippen molar-refractivity contribution in [2.24, 2.45) is 10.9 Å². The first kappa shape index (κ1) is 16.3. The number of hydrogen-bond donors (Lipinski definition) is 2. The van der Waals surface area contributed by atoms with E-state index in [-0.39, 0.29) is 0 Å². The van der Waals surface area contributed by atoms with E-state index in [0.29, 0.717) is 18.5 Å². The fourth-order valence-electron chi connectivity index (χ4n) is 3.49. The van der Waals surface area contributed by atoms with Crippen molar-refractivity contribution >= 4 is 5.96 Å². The maximum absolute atomic E-state index is 10.3. The van der Waals surface area contributed by atoms with Crippen molar-refractivity contribution in [1.29, 1.82) is 0 Å². The second-order valence-electron chi connectivity index (χ2n) is 7.04. The molecule has 2 aliphatic rings. The standard InChI is InChI=1S/C17H29N5O/c1-3-19-16(20-12-17(23)6-4-7-17)21-9-5-14(2)15(11-21)22-10-8-18-13-22/h8,10,13-15,23H,3-7,9,11-12H2,1-2H3,(H,19,20). The molecule has 2 heterocycles. The van der Waals surface area contributed by atoms with Gasteiger partial charge < -0.3 is 19.9 Å². The van der Waals surface area contributed by atoms with E-state index >= 15 is 0 Å². The summed E-state index contributed by atoms with van der Waals surface area (Å²) >= 11 is 0. The lowest BCUT2D eigenvalue weighted by Gasteiger charge is -2.40. The highest BCUT2D eigenvalue weighted by Crippen LogP contribution is 2.32. The average Bonchev–Trinajstić information content (AvgIpc) is 3.04. The highest BCUT2D eigenvalue weighted by Gasteiger charge is 2.35. The van der Waals surface area contributed by atoms with Crippen LogP contribution in [0.15, 0.2) is 23.7 Å². The van der Waals surface area contributed by atoms with E-state index in [9.17, 15) is 5.11 Å². The normalized spacial score (nSPS) is 27.6. The molecule has 128 valence electrons. The van der Waals surface area contributed by atoms with Crippen LogP contribution in [0.2, 0.25) is 0 Å². The molecule has 23 heavy (non-hydrogen) atoms. The van der Waals surface area contributed by atoms with Gasteiger partial charge in [-0.05, 0) is 38.5 Å². The molecule has 1 aliphatic heterocycles. The Morgan fingerprint density at radius 2 is 2.30 bits per heavy atom. The van der Waals surface area contributed by atoms with Gasteiger partial charge in [0, 0.05) is 32.0 Å². The van der Waals surface area contributed by atoms with E-state index in [1.165, 1.54) is 0 Å². The molecule has 0 amide bonds. The predicted molar refractivity (Wildman–Crippen MR) is 91.4 cm³/mol. The van der Waals surface area contributed by atoms with Gasteiger partial charge in [0.15, 0.2) is 5.96 Å². The molecule has 2 N–H and O–H groups in total. The van der Waals surface area contributed by atoms with Gasteiger partial charge in [-0.1, -0.05) is 6.92 Å². The minimum absolute atomic E-state index is 0.418. The van der Waals surface area contributed by atoms with Gasteiger partial charge >= 0.3 is 0 Å². The Morgan fingerprint density at radius 1 is 1.48 bits per heavy atom. The zero-order valence-corrected chi connectivity index (χ0v) is 14.3. The van der Waals surface area contributed by atoms with E-state index in [0.717, 1.165) is 51.3 Å². The largest absolute Gasteiger partial charge is 0.388 e. The Morgan fingerprint density at radius 3 is 2.91 bits per heavy atom. The molecule has 6 nitrogen and oxygen atoms in total. The summed E-state index contributed by atoms with van der Waals surface area (Å²) in [5.74, 6) is 1.56. The van der Waals surface area contributed by atoms with Crippen LogP contribution in [0.5, 0.6) is 0 Å². The molecular weight excluding hydrogens is 290 g/mol. The van der Waals surface area contributed by atoms with E-state index in [1.807, 2.05) is 18.7 Å². The number of rotatable bonds is 4.